The first kappa shape index (κ1) is 29.4. The van der Waals surface area contributed by atoms with Gasteiger partial charge in [-0.15, -0.1) is 0 Å². The second-order valence-electron chi connectivity index (χ2n) is 13.6. The number of anilines is 1. The van der Waals surface area contributed by atoms with Crippen LogP contribution in [-0.4, -0.2) is 59.4 Å². The minimum atomic E-state index is -0.518. The zero-order valence-corrected chi connectivity index (χ0v) is 25.3. The van der Waals surface area contributed by atoms with E-state index >= 15 is 0 Å². The Hall–Kier alpha value is -3.72. The zero-order valence-electron chi connectivity index (χ0n) is 25.3. The molecule has 3 aliphatic rings. The van der Waals surface area contributed by atoms with Crippen LogP contribution in [0.1, 0.15) is 79.6 Å². The Labute approximate surface area is 252 Å². The lowest BCUT2D eigenvalue weighted by atomic mass is 9.80. The molecule has 2 fully saturated rings. The van der Waals surface area contributed by atoms with Crippen LogP contribution in [0.3, 0.4) is 0 Å². The molecule has 1 aromatic heterocycles. The van der Waals surface area contributed by atoms with Gasteiger partial charge in [0.2, 0.25) is 11.8 Å². The van der Waals surface area contributed by atoms with Gasteiger partial charge in [-0.3, -0.25) is 19.0 Å². The standard InChI is InChI=1S/C34H42FN5O3/c1-34(2)18-29-31(26-11-5-22(35)17-28(26)40(29)30(41)19-34)21-4-10-25(32(36)42)27(16-21)37-23-6-8-24(9-7-23)38-33(43)20-12-14-39(3)15-13-20/h4-5,10-11,16-17,20,23-24,37H,6-9,12-15,18-19H2,1-3H3,(H2,36,42)(H,38,43)/t23-,24-. The molecule has 2 aliphatic heterocycles. The number of carbonyl (C=O) groups excluding carboxylic acids is 3. The summed E-state index contributed by atoms with van der Waals surface area (Å²) in [6.45, 7) is 6.07. The second kappa shape index (κ2) is 11.4. The zero-order chi connectivity index (χ0) is 30.5. The van der Waals surface area contributed by atoms with Gasteiger partial charge in [0, 0.05) is 46.8 Å². The summed E-state index contributed by atoms with van der Waals surface area (Å²) >= 11 is 0. The Morgan fingerprint density at radius 3 is 2.35 bits per heavy atom. The molecule has 1 aliphatic carbocycles. The van der Waals surface area contributed by atoms with Gasteiger partial charge < -0.3 is 21.3 Å². The number of aromatic nitrogens is 1. The van der Waals surface area contributed by atoms with Crippen LogP contribution in [0.5, 0.6) is 0 Å². The van der Waals surface area contributed by atoms with Gasteiger partial charge in [0.05, 0.1) is 11.1 Å². The third-order valence-corrected chi connectivity index (χ3v) is 9.65. The summed E-state index contributed by atoms with van der Waals surface area (Å²) < 4.78 is 16.0. The molecule has 0 atom stereocenters. The monoisotopic (exact) mass is 587 g/mol. The van der Waals surface area contributed by atoms with Gasteiger partial charge in [-0.25, -0.2) is 4.39 Å². The van der Waals surface area contributed by atoms with Crippen LogP contribution in [0.2, 0.25) is 0 Å². The number of nitrogens with two attached hydrogens (primary N) is 1. The van der Waals surface area contributed by atoms with Gasteiger partial charge in [-0.05, 0) is 106 Å². The molecule has 0 spiro atoms. The van der Waals surface area contributed by atoms with Crippen LogP contribution in [0.25, 0.3) is 22.0 Å². The minimum Gasteiger partial charge on any atom is -0.382 e. The average Bonchev–Trinajstić information content (AvgIpc) is 3.26. The Morgan fingerprint density at radius 2 is 1.65 bits per heavy atom. The molecule has 8 nitrogen and oxygen atoms in total. The van der Waals surface area contributed by atoms with Crippen molar-refractivity contribution in [1.82, 2.24) is 14.8 Å². The van der Waals surface area contributed by atoms with E-state index in [-0.39, 0.29) is 41.0 Å². The van der Waals surface area contributed by atoms with Gasteiger partial charge in [-0.1, -0.05) is 19.9 Å². The quantitative estimate of drug-likeness (QED) is 0.361. The maximum absolute atomic E-state index is 14.4. The molecule has 3 heterocycles. The fourth-order valence-electron chi connectivity index (χ4n) is 7.32. The third-order valence-electron chi connectivity index (χ3n) is 9.65. The van der Waals surface area contributed by atoms with Crippen molar-refractivity contribution in [2.24, 2.45) is 17.1 Å². The van der Waals surface area contributed by atoms with Crippen molar-refractivity contribution in [2.75, 3.05) is 25.5 Å². The SMILES string of the molecule is CN1CCC(C(=O)N[C@H]2CC[C@H](Nc3cc(-c4c5n(c6cc(F)ccc46)C(=O)CC(C)(C)C5)ccc3C(N)=O)CC2)CC1. The number of hydrogen-bond acceptors (Lipinski definition) is 5. The number of likely N-dealkylation sites (tertiary alicyclic amines) is 1. The largest absolute Gasteiger partial charge is 0.382 e. The van der Waals surface area contributed by atoms with Crippen LogP contribution in [0, 0.1) is 17.2 Å². The highest BCUT2D eigenvalue weighted by Gasteiger charge is 2.35. The molecule has 1 saturated heterocycles. The van der Waals surface area contributed by atoms with Crippen LogP contribution in [0.4, 0.5) is 10.1 Å². The van der Waals surface area contributed by atoms with Gasteiger partial charge in [0.25, 0.3) is 5.91 Å². The fraction of sp³-hybridized carbons (Fsp3) is 0.500. The molecule has 2 amide bonds. The molecule has 6 rings (SSSR count). The highest BCUT2D eigenvalue weighted by Crippen LogP contribution is 2.43. The van der Waals surface area contributed by atoms with Crippen molar-refractivity contribution >= 4 is 34.3 Å². The fourth-order valence-corrected chi connectivity index (χ4v) is 7.32. The molecular weight excluding hydrogens is 545 g/mol. The number of nitrogens with zero attached hydrogens (tertiary/aromatic N) is 2. The van der Waals surface area contributed by atoms with Crippen LogP contribution >= 0.6 is 0 Å². The first-order valence-corrected chi connectivity index (χ1v) is 15.5. The molecular formula is C34H42FN5O3. The van der Waals surface area contributed by atoms with E-state index in [1.54, 1.807) is 16.7 Å². The number of nitrogens with one attached hydrogen (secondary N) is 2. The van der Waals surface area contributed by atoms with E-state index < -0.39 is 5.91 Å². The summed E-state index contributed by atoms with van der Waals surface area (Å²) in [7, 11) is 2.10. The van der Waals surface area contributed by atoms with Crippen LogP contribution in [0.15, 0.2) is 36.4 Å². The Bertz CT molecular complexity index is 1580. The number of benzene rings is 2. The maximum Gasteiger partial charge on any atom is 0.250 e. The molecule has 1 saturated carbocycles. The molecule has 0 radical (unpaired) electrons. The minimum absolute atomic E-state index is 0.0418. The maximum atomic E-state index is 14.4. The van der Waals surface area contributed by atoms with E-state index in [1.807, 2.05) is 12.1 Å². The Morgan fingerprint density at radius 1 is 0.953 bits per heavy atom. The Balaban J connectivity index is 1.24. The van der Waals surface area contributed by atoms with Crippen molar-refractivity contribution in [3.63, 3.8) is 0 Å². The highest BCUT2D eigenvalue weighted by atomic mass is 19.1. The van der Waals surface area contributed by atoms with Gasteiger partial charge >= 0.3 is 0 Å². The van der Waals surface area contributed by atoms with Crippen molar-refractivity contribution in [1.29, 1.82) is 0 Å². The number of piperidine rings is 1. The summed E-state index contributed by atoms with van der Waals surface area (Å²) in [6, 6.07) is 10.4. The number of carbonyl (C=O) groups is 3. The first-order valence-electron chi connectivity index (χ1n) is 15.5. The lowest BCUT2D eigenvalue weighted by molar-refractivity contribution is -0.127. The van der Waals surface area contributed by atoms with Crippen molar-refractivity contribution < 1.29 is 18.8 Å². The number of amides is 2. The average molecular weight is 588 g/mol. The number of primary amides is 1. The summed E-state index contributed by atoms with van der Waals surface area (Å²) in [5.41, 5.74) is 9.79. The molecule has 9 heteroatoms. The van der Waals surface area contributed by atoms with Crippen LogP contribution < -0.4 is 16.4 Å². The van der Waals surface area contributed by atoms with Gasteiger partial charge in [0.15, 0.2) is 0 Å². The molecule has 0 bridgehead atoms. The molecule has 43 heavy (non-hydrogen) atoms. The van der Waals surface area contributed by atoms with E-state index in [0.717, 1.165) is 73.8 Å². The predicted molar refractivity (Wildman–Crippen MR) is 167 cm³/mol. The highest BCUT2D eigenvalue weighted by molar-refractivity contribution is 6.06. The molecule has 4 N–H and O–H groups in total. The van der Waals surface area contributed by atoms with Crippen molar-refractivity contribution in [3.05, 3.63) is 53.5 Å². The molecule has 2 aromatic carbocycles. The molecule has 0 unspecified atom stereocenters. The van der Waals surface area contributed by atoms with Crippen LogP contribution in [-0.2, 0) is 11.2 Å². The second-order valence-corrected chi connectivity index (χ2v) is 13.6. The number of halogens is 1. The molecule has 228 valence electrons. The molecule has 3 aromatic rings. The lowest BCUT2D eigenvalue weighted by Crippen LogP contribution is -2.45. The van der Waals surface area contributed by atoms with Gasteiger partial charge in [0.1, 0.15) is 5.82 Å². The number of fused-ring (bicyclic) bond motifs is 3. The van der Waals surface area contributed by atoms with Gasteiger partial charge in [-0.2, -0.15) is 0 Å². The van der Waals surface area contributed by atoms with Crippen molar-refractivity contribution in [2.45, 2.75) is 77.3 Å². The summed E-state index contributed by atoms with van der Waals surface area (Å²) in [6.07, 6.45) is 6.30. The normalized spacial score (nSPS) is 22.7. The topological polar surface area (TPSA) is 109 Å². The third kappa shape index (κ3) is 5.92. The smallest absolute Gasteiger partial charge is 0.250 e. The Kier molecular flexibility index (Phi) is 7.79. The van der Waals surface area contributed by atoms with E-state index in [9.17, 15) is 18.8 Å². The van der Waals surface area contributed by atoms with Crippen molar-refractivity contribution in [3.8, 4) is 11.1 Å². The number of rotatable bonds is 6. The lowest BCUT2D eigenvalue weighted by Gasteiger charge is -2.33. The van der Waals surface area contributed by atoms with E-state index in [0.29, 0.717) is 29.6 Å². The summed E-state index contributed by atoms with van der Waals surface area (Å²) in [5, 5.41) is 7.68. The first-order chi connectivity index (χ1) is 20.5. The number of hydrogen-bond donors (Lipinski definition) is 3. The summed E-state index contributed by atoms with van der Waals surface area (Å²) in [5.74, 6) is -0.670. The summed E-state index contributed by atoms with van der Waals surface area (Å²) in [4.78, 5) is 40.9. The predicted octanol–water partition coefficient (Wildman–Crippen LogP) is 5.34. The van der Waals surface area contributed by atoms with E-state index in [1.165, 1.54) is 12.1 Å². The van der Waals surface area contributed by atoms with E-state index in [2.05, 4.69) is 36.4 Å². The van der Waals surface area contributed by atoms with E-state index in [4.69, 9.17) is 5.73 Å².